The minimum absolute atomic E-state index is 0.105. The molecule has 0 radical (unpaired) electrons. The molecule has 0 saturated heterocycles. The molecule has 0 bridgehead atoms. The first-order valence-corrected chi connectivity index (χ1v) is 9.88. The van der Waals surface area contributed by atoms with E-state index in [0.29, 0.717) is 5.00 Å². The van der Waals surface area contributed by atoms with Crippen molar-refractivity contribution in [1.82, 2.24) is 4.90 Å². The van der Waals surface area contributed by atoms with Crippen molar-refractivity contribution in [3.8, 4) is 0 Å². The van der Waals surface area contributed by atoms with Gasteiger partial charge in [-0.15, -0.1) is 11.3 Å². The number of amides is 1. The van der Waals surface area contributed by atoms with Gasteiger partial charge in [-0.25, -0.2) is 4.99 Å². The number of likely N-dealkylation sites (N-methyl/N-ethyl adjacent to an activating group) is 1. The third-order valence-corrected chi connectivity index (χ3v) is 7.06. The second kappa shape index (κ2) is 6.07. The lowest BCUT2D eigenvalue weighted by Crippen LogP contribution is -2.52. The summed E-state index contributed by atoms with van der Waals surface area (Å²) in [6.45, 7) is 1.92. The van der Waals surface area contributed by atoms with E-state index in [1.165, 1.54) is 16.2 Å². The molecular formula is C20H24N4O2S. The summed E-state index contributed by atoms with van der Waals surface area (Å²) >= 11 is 1.42. The number of carbonyl (C=O) groups is 1. The number of hydrogen-bond acceptors (Lipinski definition) is 6. The summed E-state index contributed by atoms with van der Waals surface area (Å²) in [7, 11) is 1.64. The average molecular weight is 385 g/mol. The van der Waals surface area contributed by atoms with Gasteiger partial charge >= 0.3 is 0 Å². The van der Waals surface area contributed by atoms with E-state index in [1.54, 1.807) is 7.05 Å². The van der Waals surface area contributed by atoms with Crippen LogP contribution in [-0.4, -0.2) is 28.9 Å². The van der Waals surface area contributed by atoms with E-state index in [-0.39, 0.29) is 11.9 Å². The van der Waals surface area contributed by atoms with Crippen LogP contribution in [0.3, 0.4) is 0 Å². The van der Waals surface area contributed by atoms with E-state index in [0.717, 1.165) is 35.3 Å². The maximum atomic E-state index is 13.2. The van der Waals surface area contributed by atoms with Crippen molar-refractivity contribution in [2.24, 2.45) is 10.7 Å². The molecule has 5 N–H and O–H groups in total. The Morgan fingerprint density at radius 3 is 2.37 bits per heavy atom. The van der Waals surface area contributed by atoms with E-state index in [9.17, 15) is 9.90 Å². The van der Waals surface area contributed by atoms with Crippen LogP contribution < -0.4 is 11.5 Å². The van der Waals surface area contributed by atoms with Crippen molar-refractivity contribution in [3.63, 3.8) is 0 Å². The van der Waals surface area contributed by atoms with Crippen LogP contribution >= 0.6 is 11.3 Å². The van der Waals surface area contributed by atoms with Gasteiger partial charge in [0.2, 0.25) is 5.91 Å². The summed E-state index contributed by atoms with van der Waals surface area (Å²) in [6, 6.07) is 11.4. The minimum Gasteiger partial charge on any atom is -0.391 e. The Kier molecular flexibility index (Phi) is 4.05. The van der Waals surface area contributed by atoms with E-state index in [4.69, 9.17) is 16.5 Å². The summed E-state index contributed by atoms with van der Waals surface area (Å²) in [6.07, 6.45) is 2.60. The highest BCUT2D eigenvalue weighted by Crippen LogP contribution is 2.47. The number of nitrogens with zero attached hydrogens (tertiary/aromatic N) is 2. The number of benzene rings is 1. The van der Waals surface area contributed by atoms with Crippen LogP contribution in [0.15, 0.2) is 41.4 Å². The lowest BCUT2D eigenvalue weighted by molar-refractivity contribution is -0.130. The Morgan fingerprint density at radius 1 is 1.19 bits per heavy atom. The van der Waals surface area contributed by atoms with Gasteiger partial charge in [0.05, 0.1) is 16.5 Å². The molecule has 0 spiro atoms. The number of hydrogen-bond donors (Lipinski definition) is 3. The van der Waals surface area contributed by atoms with Crippen LogP contribution in [0, 0.1) is 0 Å². The Bertz CT molecular complexity index is 916. The van der Waals surface area contributed by atoms with Crippen LogP contribution in [0.5, 0.6) is 0 Å². The normalized spacial score (nSPS) is 27.2. The number of guanidine groups is 1. The van der Waals surface area contributed by atoms with Crippen LogP contribution in [0.25, 0.3) is 0 Å². The molecule has 1 aromatic heterocycles. The van der Waals surface area contributed by atoms with Crippen molar-refractivity contribution in [3.05, 3.63) is 52.4 Å². The zero-order chi connectivity index (χ0) is 19.4. The van der Waals surface area contributed by atoms with Crippen LogP contribution in [-0.2, 0) is 15.9 Å². The van der Waals surface area contributed by atoms with Gasteiger partial charge in [-0.3, -0.25) is 9.69 Å². The van der Waals surface area contributed by atoms with Gasteiger partial charge in [0.25, 0.3) is 0 Å². The fraction of sp³-hybridized carbons (Fsp3) is 0.400. The summed E-state index contributed by atoms with van der Waals surface area (Å²) < 4.78 is 0. The van der Waals surface area contributed by atoms with Crippen molar-refractivity contribution < 1.29 is 9.90 Å². The van der Waals surface area contributed by atoms with Gasteiger partial charge in [-0.1, -0.05) is 24.3 Å². The van der Waals surface area contributed by atoms with Gasteiger partial charge in [-0.2, -0.15) is 0 Å². The van der Waals surface area contributed by atoms with Crippen molar-refractivity contribution in [2.75, 3.05) is 12.8 Å². The van der Waals surface area contributed by atoms with Crippen molar-refractivity contribution in [2.45, 2.75) is 43.2 Å². The molecule has 1 aliphatic heterocycles. The SMILES string of the molecule is CN1C(=O)C(c2ccc(C3(O)CCC3)cc2)[C@@](C)(c2ccc(N)s2)N=C1N. The zero-order valence-electron chi connectivity index (χ0n) is 15.5. The number of carbonyl (C=O) groups excluding carboxylic acids is 1. The quantitative estimate of drug-likeness (QED) is 0.756. The summed E-state index contributed by atoms with van der Waals surface area (Å²) in [5.41, 5.74) is 12.2. The second-order valence-electron chi connectivity index (χ2n) is 7.66. The third kappa shape index (κ3) is 2.73. The Labute approximate surface area is 162 Å². The topological polar surface area (TPSA) is 105 Å². The van der Waals surface area contributed by atoms with Gasteiger partial charge in [0.15, 0.2) is 5.96 Å². The van der Waals surface area contributed by atoms with Gasteiger partial charge in [0, 0.05) is 11.9 Å². The number of aliphatic hydroxyl groups is 1. The van der Waals surface area contributed by atoms with E-state index >= 15 is 0 Å². The fourth-order valence-electron chi connectivity index (χ4n) is 4.00. The molecular weight excluding hydrogens is 360 g/mol. The first kappa shape index (κ1) is 18.0. The fourth-order valence-corrected chi connectivity index (χ4v) is 4.90. The van der Waals surface area contributed by atoms with Crippen LogP contribution in [0.1, 0.15) is 48.1 Å². The number of nitrogens with two attached hydrogens (primary N) is 2. The Hall–Kier alpha value is -2.38. The molecule has 1 saturated carbocycles. The molecule has 2 heterocycles. The second-order valence-corrected chi connectivity index (χ2v) is 8.77. The highest BCUT2D eigenvalue weighted by molar-refractivity contribution is 7.16. The highest BCUT2D eigenvalue weighted by Gasteiger charge is 2.48. The lowest BCUT2D eigenvalue weighted by Gasteiger charge is -2.40. The Morgan fingerprint density at radius 2 is 1.85 bits per heavy atom. The number of anilines is 1. The smallest absolute Gasteiger partial charge is 0.239 e. The monoisotopic (exact) mass is 384 g/mol. The van der Waals surface area contributed by atoms with Crippen molar-refractivity contribution >= 4 is 28.2 Å². The first-order valence-electron chi connectivity index (χ1n) is 9.06. The number of thiophene rings is 1. The predicted molar refractivity (Wildman–Crippen MR) is 107 cm³/mol. The van der Waals surface area contributed by atoms with Crippen LogP contribution in [0.4, 0.5) is 5.00 Å². The molecule has 6 nitrogen and oxygen atoms in total. The summed E-state index contributed by atoms with van der Waals surface area (Å²) in [4.78, 5) is 20.2. The van der Waals surface area contributed by atoms with Gasteiger partial charge < -0.3 is 16.6 Å². The molecule has 2 aromatic rings. The van der Waals surface area contributed by atoms with Gasteiger partial charge in [-0.05, 0) is 49.4 Å². The van der Waals surface area contributed by atoms with E-state index in [2.05, 4.69) is 0 Å². The van der Waals surface area contributed by atoms with Gasteiger partial charge in [0.1, 0.15) is 5.54 Å². The maximum absolute atomic E-state index is 13.2. The summed E-state index contributed by atoms with van der Waals surface area (Å²) in [5, 5.41) is 11.2. The molecule has 7 heteroatoms. The van der Waals surface area contributed by atoms with Crippen molar-refractivity contribution in [1.29, 1.82) is 0 Å². The number of aliphatic imine (C=N–C) groups is 1. The maximum Gasteiger partial charge on any atom is 0.239 e. The highest BCUT2D eigenvalue weighted by atomic mass is 32.1. The summed E-state index contributed by atoms with van der Waals surface area (Å²) in [5.74, 6) is -0.420. The average Bonchev–Trinajstić information content (AvgIpc) is 3.06. The zero-order valence-corrected chi connectivity index (χ0v) is 16.3. The minimum atomic E-state index is -0.829. The van der Waals surface area contributed by atoms with E-state index in [1.807, 2.05) is 43.3 Å². The van der Waals surface area contributed by atoms with E-state index < -0.39 is 17.1 Å². The number of nitrogen functional groups attached to an aromatic ring is 1. The third-order valence-electron chi connectivity index (χ3n) is 5.92. The largest absolute Gasteiger partial charge is 0.391 e. The molecule has 4 rings (SSSR count). The predicted octanol–water partition coefficient (Wildman–Crippen LogP) is 2.49. The standard InChI is InChI=1S/C20H24N4O2S/c1-19(14-8-9-15(21)27-14)16(17(25)24(2)18(22)23-19)12-4-6-13(7-5-12)20(26)10-3-11-20/h4-9,16,26H,3,10-11,21H2,1-2H3,(H2,22,23)/t16?,19-/m1/s1. The number of rotatable bonds is 3. The molecule has 1 amide bonds. The molecule has 1 aromatic carbocycles. The molecule has 1 aliphatic carbocycles. The Balaban J connectivity index is 1.79. The molecule has 1 fully saturated rings. The van der Waals surface area contributed by atoms with Crippen LogP contribution in [0.2, 0.25) is 0 Å². The first-order chi connectivity index (χ1) is 12.7. The molecule has 2 aliphatic rings. The molecule has 142 valence electrons. The molecule has 2 atom stereocenters. The lowest BCUT2D eigenvalue weighted by atomic mass is 9.73. The molecule has 27 heavy (non-hydrogen) atoms. The molecule has 1 unspecified atom stereocenters.